The van der Waals surface area contributed by atoms with E-state index >= 15 is 0 Å². The fourth-order valence-corrected chi connectivity index (χ4v) is 5.36. The third kappa shape index (κ3) is 5.67. The van der Waals surface area contributed by atoms with Crippen LogP contribution in [-0.4, -0.2) is 73.8 Å². The first-order chi connectivity index (χ1) is 13.7. The molecule has 1 unspecified atom stereocenters. The van der Waals surface area contributed by atoms with E-state index in [2.05, 4.69) is 9.88 Å². The molecule has 0 aliphatic carbocycles. The van der Waals surface area contributed by atoms with Crippen LogP contribution in [0.3, 0.4) is 0 Å². The largest absolute Gasteiger partial charge is 0.441 e. The SMILES string of the molecule is Cc1oc(-c2ccccc2)nc1CC(=O)N(CCCN(C)C)C1CCS(=O)(=O)C1. The van der Waals surface area contributed by atoms with Gasteiger partial charge in [0.05, 0.1) is 23.6 Å². The number of amides is 1. The van der Waals surface area contributed by atoms with Gasteiger partial charge < -0.3 is 14.2 Å². The summed E-state index contributed by atoms with van der Waals surface area (Å²) in [5.74, 6) is 1.21. The Labute approximate surface area is 172 Å². The maximum Gasteiger partial charge on any atom is 0.229 e. The van der Waals surface area contributed by atoms with Gasteiger partial charge in [0.2, 0.25) is 11.8 Å². The first-order valence-electron chi connectivity index (χ1n) is 9.91. The Kier molecular flexibility index (Phi) is 6.74. The van der Waals surface area contributed by atoms with E-state index in [1.54, 1.807) is 11.8 Å². The lowest BCUT2D eigenvalue weighted by molar-refractivity contribution is -0.132. The zero-order chi connectivity index (χ0) is 21.0. The van der Waals surface area contributed by atoms with E-state index in [9.17, 15) is 13.2 Å². The lowest BCUT2D eigenvalue weighted by Crippen LogP contribution is -2.43. The molecule has 1 saturated heterocycles. The third-order valence-electron chi connectivity index (χ3n) is 5.21. The molecule has 1 fully saturated rings. The maximum absolute atomic E-state index is 13.1. The number of oxazole rings is 1. The molecule has 1 aliphatic rings. The molecule has 0 saturated carbocycles. The quantitative estimate of drug-likeness (QED) is 0.652. The minimum Gasteiger partial charge on any atom is -0.441 e. The van der Waals surface area contributed by atoms with E-state index in [1.165, 1.54) is 0 Å². The summed E-state index contributed by atoms with van der Waals surface area (Å²) in [5.41, 5.74) is 1.46. The van der Waals surface area contributed by atoms with Gasteiger partial charge in [0.15, 0.2) is 9.84 Å². The van der Waals surface area contributed by atoms with Crippen LogP contribution in [0.4, 0.5) is 0 Å². The van der Waals surface area contributed by atoms with E-state index in [4.69, 9.17) is 4.42 Å². The molecule has 29 heavy (non-hydrogen) atoms. The molecule has 8 heteroatoms. The fraction of sp³-hybridized carbons (Fsp3) is 0.524. The number of carbonyl (C=O) groups is 1. The summed E-state index contributed by atoms with van der Waals surface area (Å²) < 4.78 is 29.7. The van der Waals surface area contributed by atoms with Gasteiger partial charge in [-0.15, -0.1) is 0 Å². The molecule has 0 bridgehead atoms. The summed E-state index contributed by atoms with van der Waals surface area (Å²) in [6.07, 6.45) is 1.41. The number of sulfone groups is 1. The van der Waals surface area contributed by atoms with Gasteiger partial charge >= 0.3 is 0 Å². The van der Waals surface area contributed by atoms with Gasteiger partial charge in [-0.3, -0.25) is 4.79 Å². The van der Waals surface area contributed by atoms with Crippen molar-refractivity contribution in [2.45, 2.75) is 32.2 Å². The predicted molar refractivity (Wildman–Crippen MR) is 112 cm³/mol. The molecule has 1 aromatic carbocycles. The highest BCUT2D eigenvalue weighted by atomic mass is 32.2. The summed E-state index contributed by atoms with van der Waals surface area (Å²) in [6, 6.07) is 9.31. The second kappa shape index (κ2) is 9.09. The highest BCUT2D eigenvalue weighted by Gasteiger charge is 2.34. The van der Waals surface area contributed by atoms with Crippen LogP contribution in [-0.2, 0) is 21.1 Å². The molecule has 1 aromatic heterocycles. The zero-order valence-corrected chi connectivity index (χ0v) is 18.1. The molecule has 0 spiro atoms. The average Bonchev–Trinajstić information content (AvgIpc) is 3.21. The van der Waals surface area contributed by atoms with Crippen molar-refractivity contribution < 1.29 is 17.6 Å². The number of hydrogen-bond acceptors (Lipinski definition) is 6. The Balaban J connectivity index is 1.74. The maximum atomic E-state index is 13.1. The second-order valence-electron chi connectivity index (χ2n) is 7.87. The van der Waals surface area contributed by atoms with Crippen molar-refractivity contribution in [1.29, 1.82) is 0 Å². The Hall–Kier alpha value is -2.19. The molecule has 0 N–H and O–H groups in total. The number of benzene rings is 1. The van der Waals surface area contributed by atoms with Crippen LogP contribution in [0.15, 0.2) is 34.7 Å². The molecule has 1 amide bonds. The second-order valence-corrected chi connectivity index (χ2v) is 10.1. The monoisotopic (exact) mass is 419 g/mol. The normalized spacial score (nSPS) is 18.3. The van der Waals surface area contributed by atoms with Gasteiger partial charge in [-0.1, -0.05) is 18.2 Å². The molecule has 2 aromatic rings. The van der Waals surface area contributed by atoms with Gasteiger partial charge in [0, 0.05) is 18.2 Å². The Bertz CT molecular complexity index is 938. The number of hydrogen-bond donors (Lipinski definition) is 0. The number of rotatable bonds is 8. The fourth-order valence-electron chi connectivity index (χ4n) is 3.63. The molecule has 1 atom stereocenters. The number of carbonyl (C=O) groups excluding carboxylic acids is 1. The van der Waals surface area contributed by atoms with E-state index in [1.807, 2.05) is 44.4 Å². The summed E-state index contributed by atoms with van der Waals surface area (Å²) in [7, 11) is 0.898. The summed E-state index contributed by atoms with van der Waals surface area (Å²) in [6.45, 7) is 3.18. The van der Waals surface area contributed by atoms with Crippen molar-refractivity contribution in [2.24, 2.45) is 0 Å². The van der Waals surface area contributed by atoms with Crippen LogP contribution in [0.5, 0.6) is 0 Å². The summed E-state index contributed by atoms with van der Waals surface area (Å²) >= 11 is 0. The molecule has 2 heterocycles. The van der Waals surface area contributed by atoms with E-state index in [-0.39, 0.29) is 29.9 Å². The van der Waals surface area contributed by atoms with Crippen LogP contribution in [0.2, 0.25) is 0 Å². The van der Waals surface area contributed by atoms with Crippen LogP contribution >= 0.6 is 0 Å². The van der Waals surface area contributed by atoms with E-state index in [0.717, 1.165) is 18.5 Å². The minimum absolute atomic E-state index is 0.0494. The number of nitrogens with zero attached hydrogens (tertiary/aromatic N) is 3. The number of aryl methyl sites for hydroxylation is 1. The smallest absolute Gasteiger partial charge is 0.229 e. The third-order valence-corrected chi connectivity index (χ3v) is 6.96. The number of aromatic nitrogens is 1. The Morgan fingerprint density at radius 3 is 2.55 bits per heavy atom. The van der Waals surface area contributed by atoms with Gasteiger partial charge in [-0.2, -0.15) is 0 Å². The van der Waals surface area contributed by atoms with Gasteiger partial charge in [-0.05, 0) is 52.5 Å². The Morgan fingerprint density at radius 2 is 1.93 bits per heavy atom. The predicted octanol–water partition coefficient (Wildman–Crippen LogP) is 2.16. The van der Waals surface area contributed by atoms with E-state index < -0.39 is 9.84 Å². The Morgan fingerprint density at radius 1 is 1.21 bits per heavy atom. The van der Waals surface area contributed by atoms with Crippen LogP contribution in [0, 0.1) is 6.92 Å². The summed E-state index contributed by atoms with van der Waals surface area (Å²) in [4.78, 5) is 21.4. The molecule has 158 valence electrons. The van der Waals surface area contributed by atoms with E-state index in [0.29, 0.717) is 30.3 Å². The standard InChI is InChI=1S/C21H29N3O4S/c1-16-19(22-21(28-16)17-8-5-4-6-9-17)14-20(25)24(12-7-11-23(2)3)18-10-13-29(26,27)15-18/h4-6,8-9,18H,7,10-15H2,1-3H3. The van der Waals surface area contributed by atoms with Crippen molar-refractivity contribution in [3.8, 4) is 11.5 Å². The van der Waals surface area contributed by atoms with Crippen molar-refractivity contribution in [1.82, 2.24) is 14.8 Å². The van der Waals surface area contributed by atoms with Crippen molar-refractivity contribution >= 4 is 15.7 Å². The average molecular weight is 420 g/mol. The van der Waals surface area contributed by atoms with Gasteiger partial charge in [-0.25, -0.2) is 13.4 Å². The first kappa shape index (κ1) is 21.5. The van der Waals surface area contributed by atoms with Crippen molar-refractivity contribution in [3.05, 3.63) is 41.8 Å². The van der Waals surface area contributed by atoms with Crippen molar-refractivity contribution in [2.75, 3.05) is 38.7 Å². The molecule has 7 nitrogen and oxygen atoms in total. The lowest BCUT2D eigenvalue weighted by Gasteiger charge is -2.28. The summed E-state index contributed by atoms with van der Waals surface area (Å²) in [5, 5.41) is 0. The van der Waals surface area contributed by atoms with Gasteiger partial charge in [0.25, 0.3) is 0 Å². The van der Waals surface area contributed by atoms with Crippen molar-refractivity contribution in [3.63, 3.8) is 0 Å². The highest BCUT2D eigenvalue weighted by Crippen LogP contribution is 2.23. The lowest BCUT2D eigenvalue weighted by atomic mass is 10.1. The van der Waals surface area contributed by atoms with Gasteiger partial charge in [0.1, 0.15) is 5.76 Å². The molecule has 1 aliphatic heterocycles. The zero-order valence-electron chi connectivity index (χ0n) is 17.3. The minimum atomic E-state index is -3.07. The molecule has 0 radical (unpaired) electrons. The van der Waals surface area contributed by atoms with Crippen LogP contribution in [0.1, 0.15) is 24.3 Å². The van der Waals surface area contributed by atoms with Crippen LogP contribution < -0.4 is 0 Å². The molecular weight excluding hydrogens is 390 g/mol. The molecule has 3 rings (SSSR count). The molecular formula is C21H29N3O4S. The highest BCUT2D eigenvalue weighted by molar-refractivity contribution is 7.91. The van der Waals surface area contributed by atoms with Crippen LogP contribution in [0.25, 0.3) is 11.5 Å². The topological polar surface area (TPSA) is 83.7 Å². The first-order valence-corrected chi connectivity index (χ1v) is 11.7.